The zero-order valence-corrected chi connectivity index (χ0v) is 8.99. The highest BCUT2D eigenvalue weighted by atomic mass is 16.5. The third kappa shape index (κ3) is 2.31. The zero-order valence-electron chi connectivity index (χ0n) is 8.99. The van der Waals surface area contributed by atoms with Crippen molar-refractivity contribution < 1.29 is 9.53 Å². The highest BCUT2D eigenvalue weighted by molar-refractivity contribution is 5.86. The molecule has 0 aliphatic rings. The van der Waals surface area contributed by atoms with Crippen molar-refractivity contribution in [3.63, 3.8) is 0 Å². The minimum atomic E-state index is -0.485. The lowest BCUT2D eigenvalue weighted by Gasteiger charge is -2.01. The standard InChI is InChI=1S/C11H13N3O2/c1-2-7-16-11(15)14-10-12-8-5-3-4-6-9(8)13-10/h3-6H,2,7H2,1H3,(H2,12,13,14,15). The lowest BCUT2D eigenvalue weighted by Crippen LogP contribution is -2.14. The number of benzene rings is 1. The molecule has 0 atom stereocenters. The maximum atomic E-state index is 11.3. The first-order valence-corrected chi connectivity index (χ1v) is 5.18. The van der Waals surface area contributed by atoms with Gasteiger partial charge in [-0.05, 0) is 18.6 Å². The van der Waals surface area contributed by atoms with Crippen LogP contribution in [0.4, 0.5) is 10.7 Å². The van der Waals surface area contributed by atoms with Gasteiger partial charge < -0.3 is 9.72 Å². The van der Waals surface area contributed by atoms with Gasteiger partial charge in [-0.3, -0.25) is 5.32 Å². The summed E-state index contributed by atoms with van der Waals surface area (Å²) in [6.45, 7) is 2.35. The van der Waals surface area contributed by atoms with E-state index in [4.69, 9.17) is 4.74 Å². The number of hydrogen-bond acceptors (Lipinski definition) is 3. The van der Waals surface area contributed by atoms with E-state index in [2.05, 4.69) is 15.3 Å². The summed E-state index contributed by atoms with van der Waals surface area (Å²) in [7, 11) is 0. The van der Waals surface area contributed by atoms with Crippen LogP contribution in [0, 0.1) is 0 Å². The predicted octanol–water partition coefficient (Wildman–Crippen LogP) is 2.52. The van der Waals surface area contributed by atoms with Crippen LogP contribution in [0.25, 0.3) is 11.0 Å². The molecule has 2 aromatic rings. The molecule has 0 fully saturated rings. The minimum Gasteiger partial charge on any atom is -0.449 e. The highest BCUT2D eigenvalue weighted by Crippen LogP contribution is 2.13. The maximum Gasteiger partial charge on any atom is 0.413 e. The van der Waals surface area contributed by atoms with Gasteiger partial charge in [0.25, 0.3) is 0 Å². The van der Waals surface area contributed by atoms with E-state index < -0.39 is 6.09 Å². The molecule has 0 saturated carbocycles. The second-order valence-electron chi connectivity index (χ2n) is 3.36. The molecule has 1 heterocycles. The third-order valence-electron chi connectivity index (χ3n) is 2.05. The van der Waals surface area contributed by atoms with E-state index in [1.165, 1.54) is 0 Å². The third-order valence-corrected chi connectivity index (χ3v) is 2.05. The number of carbonyl (C=O) groups excluding carboxylic acids is 1. The summed E-state index contributed by atoms with van der Waals surface area (Å²) in [6.07, 6.45) is 0.314. The first-order valence-electron chi connectivity index (χ1n) is 5.18. The number of para-hydroxylation sites is 2. The molecule has 0 unspecified atom stereocenters. The largest absolute Gasteiger partial charge is 0.449 e. The molecule has 0 aliphatic carbocycles. The smallest absolute Gasteiger partial charge is 0.413 e. The first-order chi connectivity index (χ1) is 7.79. The van der Waals surface area contributed by atoms with Gasteiger partial charge in [-0.1, -0.05) is 19.1 Å². The fraction of sp³-hybridized carbons (Fsp3) is 0.273. The van der Waals surface area contributed by atoms with Crippen molar-refractivity contribution >= 4 is 23.1 Å². The summed E-state index contributed by atoms with van der Waals surface area (Å²) in [5, 5.41) is 2.54. The van der Waals surface area contributed by atoms with Crippen molar-refractivity contribution in [2.75, 3.05) is 11.9 Å². The van der Waals surface area contributed by atoms with Crippen molar-refractivity contribution in [1.29, 1.82) is 0 Å². The molecule has 2 N–H and O–H groups in total. The van der Waals surface area contributed by atoms with Crippen LogP contribution in [0.2, 0.25) is 0 Å². The molecule has 2 rings (SSSR count). The van der Waals surface area contributed by atoms with Crippen LogP contribution >= 0.6 is 0 Å². The monoisotopic (exact) mass is 219 g/mol. The molecule has 1 amide bonds. The van der Waals surface area contributed by atoms with Gasteiger partial charge in [-0.15, -0.1) is 0 Å². The van der Waals surface area contributed by atoms with E-state index in [1.54, 1.807) is 0 Å². The number of ether oxygens (including phenoxy) is 1. The summed E-state index contributed by atoms with van der Waals surface area (Å²) in [5.74, 6) is 0.405. The number of rotatable bonds is 3. The number of nitrogens with zero attached hydrogens (tertiary/aromatic N) is 1. The average Bonchev–Trinajstić information content (AvgIpc) is 2.68. The number of fused-ring (bicyclic) bond motifs is 1. The number of nitrogens with one attached hydrogen (secondary N) is 2. The maximum absolute atomic E-state index is 11.3. The van der Waals surface area contributed by atoms with Crippen LogP contribution in [-0.2, 0) is 4.74 Å². The van der Waals surface area contributed by atoms with E-state index in [9.17, 15) is 4.79 Å². The SMILES string of the molecule is CCCOC(=O)Nc1nc2ccccc2[nH]1. The topological polar surface area (TPSA) is 67.0 Å². The summed E-state index contributed by atoms with van der Waals surface area (Å²) in [6, 6.07) is 7.56. The quantitative estimate of drug-likeness (QED) is 0.833. The van der Waals surface area contributed by atoms with Gasteiger partial charge in [0.05, 0.1) is 17.6 Å². The molecule has 84 valence electrons. The molecular weight excluding hydrogens is 206 g/mol. The summed E-state index contributed by atoms with van der Waals surface area (Å²) in [4.78, 5) is 18.4. The number of aromatic nitrogens is 2. The number of imidazole rings is 1. The molecule has 0 aliphatic heterocycles. The van der Waals surface area contributed by atoms with Crippen molar-refractivity contribution in [2.24, 2.45) is 0 Å². The van der Waals surface area contributed by atoms with Gasteiger partial charge in [0.15, 0.2) is 0 Å². The van der Waals surface area contributed by atoms with E-state index in [-0.39, 0.29) is 0 Å². The van der Waals surface area contributed by atoms with Gasteiger partial charge in [0.1, 0.15) is 0 Å². The number of amides is 1. The Balaban J connectivity index is 2.07. The van der Waals surface area contributed by atoms with Gasteiger partial charge in [0.2, 0.25) is 5.95 Å². The van der Waals surface area contributed by atoms with Gasteiger partial charge in [-0.25, -0.2) is 9.78 Å². The van der Waals surface area contributed by atoms with Gasteiger partial charge in [-0.2, -0.15) is 0 Å². The normalized spacial score (nSPS) is 10.3. The van der Waals surface area contributed by atoms with Crippen LogP contribution in [0.5, 0.6) is 0 Å². The number of H-pyrrole nitrogens is 1. The average molecular weight is 219 g/mol. The Kier molecular flexibility index (Phi) is 3.05. The molecule has 0 bridgehead atoms. The number of hydrogen-bond donors (Lipinski definition) is 2. The Morgan fingerprint density at radius 1 is 1.50 bits per heavy atom. The lowest BCUT2D eigenvalue weighted by atomic mass is 10.3. The van der Waals surface area contributed by atoms with Gasteiger partial charge in [0, 0.05) is 0 Å². The molecule has 1 aromatic heterocycles. The van der Waals surface area contributed by atoms with Gasteiger partial charge >= 0.3 is 6.09 Å². The van der Waals surface area contributed by atoms with E-state index >= 15 is 0 Å². The fourth-order valence-corrected chi connectivity index (χ4v) is 1.34. The van der Waals surface area contributed by atoms with E-state index in [0.29, 0.717) is 12.6 Å². The first kappa shape index (κ1) is 10.5. The Morgan fingerprint density at radius 2 is 2.31 bits per heavy atom. The Hall–Kier alpha value is -2.04. The molecule has 0 radical (unpaired) electrons. The lowest BCUT2D eigenvalue weighted by molar-refractivity contribution is 0.161. The molecule has 0 spiro atoms. The zero-order chi connectivity index (χ0) is 11.4. The highest BCUT2D eigenvalue weighted by Gasteiger charge is 2.06. The molecular formula is C11H13N3O2. The molecule has 1 aromatic carbocycles. The fourth-order valence-electron chi connectivity index (χ4n) is 1.34. The van der Waals surface area contributed by atoms with Crippen LogP contribution in [0.1, 0.15) is 13.3 Å². The van der Waals surface area contributed by atoms with Crippen molar-refractivity contribution in [3.8, 4) is 0 Å². The van der Waals surface area contributed by atoms with Crippen LogP contribution in [0.3, 0.4) is 0 Å². The Morgan fingerprint density at radius 3 is 3.06 bits per heavy atom. The minimum absolute atomic E-state index is 0.405. The van der Waals surface area contributed by atoms with Crippen LogP contribution < -0.4 is 5.32 Å². The van der Waals surface area contributed by atoms with Crippen molar-refractivity contribution in [2.45, 2.75) is 13.3 Å². The second-order valence-corrected chi connectivity index (χ2v) is 3.36. The van der Waals surface area contributed by atoms with E-state index in [1.807, 2.05) is 31.2 Å². The summed E-state index contributed by atoms with van der Waals surface area (Å²) in [5.41, 5.74) is 1.70. The number of aromatic amines is 1. The van der Waals surface area contributed by atoms with Crippen molar-refractivity contribution in [1.82, 2.24) is 9.97 Å². The predicted molar refractivity (Wildman–Crippen MR) is 61.4 cm³/mol. The summed E-state index contributed by atoms with van der Waals surface area (Å²) < 4.78 is 4.88. The molecule has 16 heavy (non-hydrogen) atoms. The number of carbonyl (C=O) groups is 1. The molecule has 5 heteroatoms. The Labute approximate surface area is 92.8 Å². The van der Waals surface area contributed by atoms with Crippen LogP contribution in [0.15, 0.2) is 24.3 Å². The second kappa shape index (κ2) is 4.65. The summed E-state index contributed by atoms with van der Waals surface area (Å²) >= 11 is 0. The van der Waals surface area contributed by atoms with Crippen LogP contribution in [-0.4, -0.2) is 22.7 Å². The number of anilines is 1. The van der Waals surface area contributed by atoms with Crippen molar-refractivity contribution in [3.05, 3.63) is 24.3 Å². The Bertz CT molecular complexity index is 460. The molecule has 0 saturated heterocycles. The van der Waals surface area contributed by atoms with E-state index in [0.717, 1.165) is 17.5 Å². The molecule has 5 nitrogen and oxygen atoms in total.